The third kappa shape index (κ3) is 7.38. The molecule has 1 amide bonds. The number of aliphatic imine (C=N–C) groups is 1. The number of alkyl halides is 3. The first-order valence-corrected chi connectivity index (χ1v) is 11.0. The van der Waals surface area contributed by atoms with Gasteiger partial charge in [-0.25, -0.2) is 4.98 Å². The van der Waals surface area contributed by atoms with E-state index in [1.807, 2.05) is 11.8 Å². The number of hydrogen-bond acceptors (Lipinski definition) is 4. The fourth-order valence-electron chi connectivity index (χ4n) is 4.14. The zero-order chi connectivity index (χ0) is 22.3. The van der Waals surface area contributed by atoms with E-state index in [1.165, 1.54) is 12.3 Å². The summed E-state index contributed by atoms with van der Waals surface area (Å²) in [5.74, 6) is 0.852. The monoisotopic (exact) mass is 568 g/mol. The number of aromatic nitrogens is 1. The Morgan fingerprint density at radius 2 is 2.03 bits per heavy atom. The van der Waals surface area contributed by atoms with Gasteiger partial charge in [-0.05, 0) is 38.3 Å². The quantitative estimate of drug-likeness (QED) is 0.203. The Morgan fingerprint density at radius 3 is 2.72 bits per heavy atom. The summed E-state index contributed by atoms with van der Waals surface area (Å²) in [5.41, 5.74) is -0.790. The zero-order valence-corrected chi connectivity index (χ0v) is 20.6. The lowest BCUT2D eigenvalue weighted by Gasteiger charge is -2.21. The number of rotatable bonds is 7. The number of likely N-dealkylation sites (tertiary alicyclic amines) is 1. The summed E-state index contributed by atoms with van der Waals surface area (Å²) >= 11 is 0. The molecule has 1 saturated carbocycles. The minimum Gasteiger partial charge on any atom is -0.368 e. The number of nitrogens with zero attached hydrogens (tertiary/aromatic N) is 3. The number of guanidine groups is 1. The van der Waals surface area contributed by atoms with Crippen LogP contribution in [-0.2, 0) is 11.0 Å². The fourth-order valence-corrected chi connectivity index (χ4v) is 4.14. The van der Waals surface area contributed by atoms with Crippen LogP contribution in [0.4, 0.5) is 19.0 Å². The van der Waals surface area contributed by atoms with Crippen LogP contribution in [0.25, 0.3) is 0 Å². The van der Waals surface area contributed by atoms with Crippen LogP contribution in [0.15, 0.2) is 23.3 Å². The predicted octanol–water partition coefficient (Wildman–Crippen LogP) is 3.48. The molecule has 0 aromatic carbocycles. The van der Waals surface area contributed by atoms with Crippen molar-refractivity contribution in [1.82, 2.24) is 20.5 Å². The third-order valence-corrected chi connectivity index (χ3v) is 5.68. The molecule has 1 aliphatic carbocycles. The van der Waals surface area contributed by atoms with Crippen LogP contribution in [0.5, 0.6) is 0 Å². The van der Waals surface area contributed by atoms with E-state index < -0.39 is 11.7 Å². The van der Waals surface area contributed by atoms with Gasteiger partial charge in [0, 0.05) is 44.3 Å². The van der Waals surface area contributed by atoms with Crippen molar-refractivity contribution in [2.24, 2.45) is 10.9 Å². The standard InChI is InChI=1S/C21H31F3N6O.HI/c1-2-25-20(28-12-11-27-18-17(21(22,23)24)8-5-10-26-18)29-16-9-13-30(14-16)19(31)15-6-3-4-7-15;/h5,8,10,15-16H,2-4,6-7,9,11-14H2,1H3,(H,26,27)(H2,25,28,29);1H. The molecule has 2 fully saturated rings. The second kappa shape index (κ2) is 12.4. The van der Waals surface area contributed by atoms with E-state index in [0.29, 0.717) is 19.0 Å². The largest absolute Gasteiger partial charge is 0.419 e. The number of carbonyl (C=O) groups is 1. The Labute approximate surface area is 204 Å². The molecule has 1 aromatic rings. The highest BCUT2D eigenvalue weighted by molar-refractivity contribution is 14.0. The summed E-state index contributed by atoms with van der Waals surface area (Å²) < 4.78 is 39.1. The van der Waals surface area contributed by atoms with Crippen molar-refractivity contribution in [3.05, 3.63) is 23.9 Å². The van der Waals surface area contributed by atoms with Crippen LogP contribution in [0.1, 0.15) is 44.6 Å². The van der Waals surface area contributed by atoms with Gasteiger partial charge in [0.15, 0.2) is 5.96 Å². The van der Waals surface area contributed by atoms with Gasteiger partial charge >= 0.3 is 6.18 Å². The second-order valence-corrected chi connectivity index (χ2v) is 7.98. The maximum Gasteiger partial charge on any atom is 0.419 e. The molecule has 1 unspecified atom stereocenters. The topological polar surface area (TPSA) is 81.7 Å². The van der Waals surface area contributed by atoms with Gasteiger partial charge in [-0.15, -0.1) is 24.0 Å². The van der Waals surface area contributed by atoms with Gasteiger partial charge in [0.2, 0.25) is 5.91 Å². The third-order valence-electron chi connectivity index (χ3n) is 5.68. The smallest absolute Gasteiger partial charge is 0.368 e. The Bertz CT molecular complexity index is 770. The maximum absolute atomic E-state index is 13.0. The highest BCUT2D eigenvalue weighted by atomic mass is 127. The van der Waals surface area contributed by atoms with E-state index in [4.69, 9.17) is 0 Å². The Hall–Kier alpha value is -1.79. The predicted molar refractivity (Wildman–Crippen MR) is 129 cm³/mol. The molecule has 2 heterocycles. The molecule has 1 saturated heterocycles. The van der Waals surface area contributed by atoms with E-state index >= 15 is 0 Å². The lowest BCUT2D eigenvalue weighted by Crippen LogP contribution is -2.45. The molecular weight excluding hydrogens is 536 g/mol. The normalized spacial score (nSPS) is 19.6. The molecule has 7 nitrogen and oxygen atoms in total. The van der Waals surface area contributed by atoms with Gasteiger partial charge < -0.3 is 20.9 Å². The lowest BCUT2D eigenvalue weighted by atomic mass is 10.1. The van der Waals surface area contributed by atoms with E-state index in [1.54, 1.807) is 0 Å². The second-order valence-electron chi connectivity index (χ2n) is 7.98. The van der Waals surface area contributed by atoms with Crippen molar-refractivity contribution < 1.29 is 18.0 Å². The molecule has 0 bridgehead atoms. The van der Waals surface area contributed by atoms with Crippen molar-refractivity contribution in [3.63, 3.8) is 0 Å². The molecule has 3 N–H and O–H groups in total. The highest BCUT2D eigenvalue weighted by Crippen LogP contribution is 2.33. The van der Waals surface area contributed by atoms with Gasteiger partial charge in [0.05, 0.1) is 12.1 Å². The molecular formula is C21H32F3IN6O. The average molecular weight is 568 g/mol. The van der Waals surface area contributed by atoms with Gasteiger partial charge in [-0.3, -0.25) is 9.79 Å². The highest BCUT2D eigenvalue weighted by Gasteiger charge is 2.34. The first-order valence-electron chi connectivity index (χ1n) is 11.0. The molecule has 11 heteroatoms. The maximum atomic E-state index is 13.0. The van der Waals surface area contributed by atoms with Gasteiger partial charge in [-0.1, -0.05) is 12.8 Å². The number of carbonyl (C=O) groups excluding carboxylic acids is 1. The van der Waals surface area contributed by atoms with E-state index in [9.17, 15) is 18.0 Å². The summed E-state index contributed by atoms with van der Waals surface area (Å²) in [6.07, 6.45) is 1.99. The molecule has 180 valence electrons. The zero-order valence-electron chi connectivity index (χ0n) is 18.2. The lowest BCUT2D eigenvalue weighted by molar-refractivity contribution is -0.137. The number of halogens is 4. The average Bonchev–Trinajstić information content (AvgIpc) is 3.43. The molecule has 1 aliphatic heterocycles. The molecule has 1 atom stereocenters. The number of amides is 1. The summed E-state index contributed by atoms with van der Waals surface area (Å²) in [6, 6.07) is 2.38. The Balaban J connectivity index is 0.00000363. The fraction of sp³-hybridized carbons (Fsp3) is 0.667. The molecule has 32 heavy (non-hydrogen) atoms. The van der Waals surface area contributed by atoms with Crippen molar-refractivity contribution >= 4 is 41.7 Å². The molecule has 0 radical (unpaired) electrons. The number of hydrogen-bond donors (Lipinski definition) is 3. The SMILES string of the molecule is CCNC(=NCCNc1ncccc1C(F)(F)F)NC1CCN(C(=O)C2CCCC2)C1.I. The summed E-state index contributed by atoms with van der Waals surface area (Å²) in [7, 11) is 0. The van der Waals surface area contributed by atoms with Crippen molar-refractivity contribution in [3.8, 4) is 0 Å². The van der Waals surface area contributed by atoms with E-state index in [-0.39, 0.29) is 60.8 Å². The van der Waals surface area contributed by atoms with Gasteiger partial charge in [0.25, 0.3) is 0 Å². The minimum absolute atomic E-state index is 0. The van der Waals surface area contributed by atoms with Crippen LogP contribution in [0.3, 0.4) is 0 Å². The van der Waals surface area contributed by atoms with Crippen molar-refractivity contribution in [1.29, 1.82) is 0 Å². The van der Waals surface area contributed by atoms with Crippen molar-refractivity contribution in [2.75, 3.05) is 38.0 Å². The first-order chi connectivity index (χ1) is 14.9. The molecule has 1 aromatic heterocycles. The van der Waals surface area contributed by atoms with Crippen LogP contribution in [0.2, 0.25) is 0 Å². The van der Waals surface area contributed by atoms with Crippen LogP contribution < -0.4 is 16.0 Å². The summed E-state index contributed by atoms with van der Waals surface area (Å²) in [6.45, 7) is 4.50. The minimum atomic E-state index is -4.46. The number of pyridine rings is 1. The summed E-state index contributed by atoms with van der Waals surface area (Å²) in [5, 5.41) is 9.22. The summed E-state index contributed by atoms with van der Waals surface area (Å²) in [4.78, 5) is 22.8. The van der Waals surface area contributed by atoms with Crippen LogP contribution in [-0.4, -0.2) is 60.5 Å². The van der Waals surface area contributed by atoms with Gasteiger partial charge in [0.1, 0.15) is 5.82 Å². The Kier molecular flexibility index (Phi) is 10.3. The molecule has 0 spiro atoms. The number of anilines is 1. The molecule has 2 aliphatic rings. The Morgan fingerprint density at radius 1 is 1.28 bits per heavy atom. The molecule has 3 rings (SSSR count). The number of nitrogens with one attached hydrogen (secondary N) is 3. The van der Waals surface area contributed by atoms with Gasteiger partial charge in [-0.2, -0.15) is 13.2 Å². The van der Waals surface area contributed by atoms with E-state index in [0.717, 1.165) is 44.7 Å². The van der Waals surface area contributed by atoms with Crippen molar-refractivity contribution in [2.45, 2.75) is 51.2 Å². The van der Waals surface area contributed by atoms with E-state index in [2.05, 4.69) is 25.9 Å². The first kappa shape index (κ1) is 26.5. The van der Waals surface area contributed by atoms with Crippen LogP contribution in [0, 0.1) is 5.92 Å². The van der Waals surface area contributed by atoms with Crippen LogP contribution >= 0.6 is 24.0 Å².